The smallest absolute Gasteiger partial charge is 0.0671 e. The van der Waals surface area contributed by atoms with E-state index in [1.54, 1.807) is 0 Å². The van der Waals surface area contributed by atoms with Crippen molar-refractivity contribution < 1.29 is 0 Å². The molecule has 1 aromatic carbocycles. The first-order valence-electron chi connectivity index (χ1n) is 8.22. The lowest BCUT2D eigenvalue weighted by Gasteiger charge is -2.29. The number of H-pyrrole nitrogens is 1. The first-order chi connectivity index (χ1) is 10.0. The first-order valence-corrected chi connectivity index (χ1v) is 8.22. The molecule has 1 heterocycles. The van der Waals surface area contributed by atoms with Gasteiger partial charge in [0.25, 0.3) is 0 Å². The third-order valence-electron chi connectivity index (χ3n) is 5.04. The third-order valence-corrected chi connectivity index (χ3v) is 5.04. The number of aromatic nitrogens is 2. The van der Waals surface area contributed by atoms with Crippen LogP contribution in [0.15, 0.2) is 24.4 Å². The summed E-state index contributed by atoms with van der Waals surface area (Å²) < 4.78 is 0. The van der Waals surface area contributed by atoms with Gasteiger partial charge < -0.3 is 5.32 Å². The number of hydrogen-bond donors (Lipinski definition) is 2. The Hall–Kier alpha value is -1.51. The second-order valence-corrected chi connectivity index (χ2v) is 7.55. The SMILES string of the molecule is CC(C)(C)C1CCCC(Nc2cccc3[nH]ncc23)CC1. The van der Waals surface area contributed by atoms with E-state index in [2.05, 4.69) is 54.5 Å². The third kappa shape index (κ3) is 3.22. The highest BCUT2D eigenvalue weighted by Crippen LogP contribution is 2.37. The molecule has 0 amide bonds. The van der Waals surface area contributed by atoms with Crippen LogP contribution in [-0.2, 0) is 0 Å². The van der Waals surface area contributed by atoms with Crippen molar-refractivity contribution in [3.8, 4) is 0 Å². The maximum atomic E-state index is 4.15. The maximum absolute atomic E-state index is 4.15. The Morgan fingerprint density at radius 1 is 1.14 bits per heavy atom. The van der Waals surface area contributed by atoms with Gasteiger partial charge in [-0.25, -0.2) is 0 Å². The number of nitrogens with one attached hydrogen (secondary N) is 2. The highest BCUT2D eigenvalue weighted by Gasteiger charge is 2.27. The summed E-state index contributed by atoms with van der Waals surface area (Å²) in [4.78, 5) is 0. The summed E-state index contributed by atoms with van der Waals surface area (Å²) in [7, 11) is 0. The molecule has 0 bridgehead atoms. The number of nitrogens with zero attached hydrogens (tertiary/aromatic N) is 1. The van der Waals surface area contributed by atoms with Crippen molar-refractivity contribution in [2.45, 2.75) is 58.9 Å². The number of hydrogen-bond acceptors (Lipinski definition) is 2. The molecule has 3 nitrogen and oxygen atoms in total. The van der Waals surface area contributed by atoms with Crippen molar-refractivity contribution >= 4 is 16.6 Å². The van der Waals surface area contributed by atoms with Crippen molar-refractivity contribution in [1.82, 2.24) is 10.2 Å². The topological polar surface area (TPSA) is 40.7 Å². The van der Waals surface area contributed by atoms with Gasteiger partial charge in [0, 0.05) is 17.1 Å². The minimum absolute atomic E-state index is 0.444. The van der Waals surface area contributed by atoms with Gasteiger partial charge in [-0.1, -0.05) is 33.3 Å². The van der Waals surface area contributed by atoms with E-state index in [-0.39, 0.29) is 0 Å². The van der Waals surface area contributed by atoms with Gasteiger partial charge in [-0.05, 0) is 49.1 Å². The predicted octanol–water partition coefficient (Wildman–Crippen LogP) is 4.97. The van der Waals surface area contributed by atoms with Crippen LogP contribution in [0.25, 0.3) is 10.9 Å². The van der Waals surface area contributed by atoms with Crippen LogP contribution in [0, 0.1) is 11.3 Å². The van der Waals surface area contributed by atoms with Gasteiger partial charge >= 0.3 is 0 Å². The van der Waals surface area contributed by atoms with E-state index in [0.717, 1.165) is 11.4 Å². The molecular formula is C18H27N3. The Morgan fingerprint density at radius 3 is 2.81 bits per heavy atom. The molecule has 2 atom stereocenters. The zero-order chi connectivity index (χ0) is 14.9. The summed E-state index contributed by atoms with van der Waals surface area (Å²) in [6, 6.07) is 6.94. The van der Waals surface area contributed by atoms with Gasteiger partial charge in [0.1, 0.15) is 0 Å². The number of aromatic amines is 1. The summed E-state index contributed by atoms with van der Waals surface area (Å²) >= 11 is 0. The fourth-order valence-corrected chi connectivity index (χ4v) is 3.63. The molecular weight excluding hydrogens is 258 g/mol. The number of anilines is 1. The standard InChI is InChI=1S/C18H27N3/c1-18(2,3)13-6-4-7-14(11-10-13)20-16-8-5-9-17-15(16)12-19-21-17/h5,8-9,12-14,20H,4,6-7,10-11H2,1-3H3,(H,19,21). The lowest BCUT2D eigenvalue weighted by molar-refractivity contribution is 0.214. The van der Waals surface area contributed by atoms with Crippen LogP contribution in [0.3, 0.4) is 0 Å². The largest absolute Gasteiger partial charge is 0.382 e. The molecule has 1 fully saturated rings. The molecule has 1 aromatic heterocycles. The van der Waals surface area contributed by atoms with Gasteiger partial charge in [-0.2, -0.15) is 5.10 Å². The summed E-state index contributed by atoms with van der Waals surface area (Å²) in [6.45, 7) is 7.16. The first kappa shape index (κ1) is 14.4. The monoisotopic (exact) mass is 285 g/mol. The molecule has 1 aliphatic carbocycles. The van der Waals surface area contributed by atoms with E-state index in [4.69, 9.17) is 0 Å². The number of fused-ring (bicyclic) bond motifs is 1. The van der Waals surface area contributed by atoms with Crippen molar-refractivity contribution in [3.63, 3.8) is 0 Å². The maximum Gasteiger partial charge on any atom is 0.0671 e. The van der Waals surface area contributed by atoms with Crippen LogP contribution in [0.5, 0.6) is 0 Å². The molecule has 3 rings (SSSR count). The summed E-state index contributed by atoms with van der Waals surface area (Å²) in [6.07, 6.45) is 8.52. The number of benzene rings is 1. The molecule has 114 valence electrons. The Kier molecular flexibility index (Phi) is 3.92. The highest BCUT2D eigenvalue weighted by atomic mass is 15.1. The molecule has 1 aliphatic rings. The molecule has 21 heavy (non-hydrogen) atoms. The van der Waals surface area contributed by atoms with E-state index in [9.17, 15) is 0 Å². The predicted molar refractivity (Wildman–Crippen MR) is 89.5 cm³/mol. The van der Waals surface area contributed by atoms with E-state index in [1.165, 1.54) is 43.2 Å². The van der Waals surface area contributed by atoms with Gasteiger partial charge in [0.2, 0.25) is 0 Å². The molecule has 2 aromatic rings. The summed E-state index contributed by atoms with van der Waals surface area (Å²) in [5.74, 6) is 0.856. The van der Waals surface area contributed by atoms with E-state index < -0.39 is 0 Å². The second kappa shape index (κ2) is 5.70. The zero-order valence-electron chi connectivity index (χ0n) is 13.4. The molecule has 0 saturated heterocycles. The normalized spacial score (nSPS) is 24.0. The van der Waals surface area contributed by atoms with Crippen LogP contribution in [0.2, 0.25) is 0 Å². The Balaban J connectivity index is 1.70. The molecule has 3 heteroatoms. The lowest BCUT2D eigenvalue weighted by atomic mass is 9.76. The molecule has 2 unspecified atom stereocenters. The van der Waals surface area contributed by atoms with Crippen molar-refractivity contribution in [3.05, 3.63) is 24.4 Å². The molecule has 1 saturated carbocycles. The zero-order valence-corrected chi connectivity index (χ0v) is 13.4. The van der Waals surface area contributed by atoms with E-state index >= 15 is 0 Å². The minimum Gasteiger partial charge on any atom is -0.382 e. The Bertz CT molecular complexity index is 594. The Labute approximate surface area is 127 Å². The number of rotatable bonds is 2. The molecule has 2 N–H and O–H groups in total. The fourth-order valence-electron chi connectivity index (χ4n) is 3.63. The van der Waals surface area contributed by atoms with E-state index in [0.29, 0.717) is 11.5 Å². The van der Waals surface area contributed by atoms with E-state index in [1.807, 2.05) is 6.20 Å². The molecule has 0 spiro atoms. The van der Waals surface area contributed by atoms with Crippen molar-refractivity contribution in [2.24, 2.45) is 11.3 Å². The van der Waals surface area contributed by atoms with Crippen LogP contribution < -0.4 is 5.32 Å². The average molecular weight is 285 g/mol. The fraction of sp³-hybridized carbons (Fsp3) is 0.611. The minimum atomic E-state index is 0.444. The van der Waals surface area contributed by atoms with Crippen LogP contribution in [0.1, 0.15) is 52.9 Å². The molecule has 0 radical (unpaired) electrons. The highest BCUT2D eigenvalue weighted by molar-refractivity contribution is 5.90. The summed E-state index contributed by atoms with van der Waals surface area (Å²) in [5, 5.41) is 12.2. The van der Waals surface area contributed by atoms with Crippen LogP contribution in [-0.4, -0.2) is 16.2 Å². The lowest BCUT2D eigenvalue weighted by Crippen LogP contribution is -2.21. The van der Waals surface area contributed by atoms with Crippen LogP contribution >= 0.6 is 0 Å². The van der Waals surface area contributed by atoms with Gasteiger partial charge in [0.15, 0.2) is 0 Å². The Morgan fingerprint density at radius 2 is 2.00 bits per heavy atom. The van der Waals surface area contributed by atoms with Crippen molar-refractivity contribution in [2.75, 3.05) is 5.32 Å². The quantitative estimate of drug-likeness (QED) is 0.765. The van der Waals surface area contributed by atoms with Gasteiger partial charge in [0.05, 0.1) is 11.7 Å². The molecule has 0 aliphatic heterocycles. The van der Waals surface area contributed by atoms with Crippen LogP contribution in [0.4, 0.5) is 5.69 Å². The van der Waals surface area contributed by atoms with Gasteiger partial charge in [-0.15, -0.1) is 0 Å². The summed E-state index contributed by atoms with van der Waals surface area (Å²) in [5.41, 5.74) is 2.78. The van der Waals surface area contributed by atoms with Crippen molar-refractivity contribution in [1.29, 1.82) is 0 Å². The second-order valence-electron chi connectivity index (χ2n) is 7.55. The average Bonchev–Trinajstić information content (AvgIpc) is 2.78. The van der Waals surface area contributed by atoms with Gasteiger partial charge in [-0.3, -0.25) is 5.10 Å².